The van der Waals surface area contributed by atoms with Gasteiger partial charge < -0.3 is 25.4 Å². The third-order valence-corrected chi connectivity index (χ3v) is 7.40. The molecule has 0 saturated carbocycles. The zero-order valence-corrected chi connectivity index (χ0v) is 19.8. The highest BCUT2D eigenvalue weighted by molar-refractivity contribution is 6.01. The van der Waals surface area contributed by atoms with Crippen LogP contribution in [0, 0.1) is 19.7 Å². The van der Waals surface area contributed by atoms with Gasteiger partial charge in [-0.15, -0.1) is 13.2 Å². The molecule has 6 rings (SSSR count). The number of halogens is 4. The Balaban J connectivity index is 1.63. The number of piperazine rings is 1. The van der Waals surface area contributed by atoms with Crippen molar-refractivity contribution in [1.29, 1.82) is 0 Å². The summed E-state index contributed by atoms with van der Waals surface area (Å²) in [6.45, 7) is 6.11. The van der Waals surface area contributed by atoms with E-state index in [9.17, 15) is 13.2 Å². The van der Waals surface area contributed by atoms with Crippen LogP contribution >= 0.6 is 0 Å². The Kier molecular flexibility index (Phi) is 4.98. The number of alkyl halides is 3. The van der Waals surface area contributed by atoms with E-state index < -0.39 is 17.9 Å². The van der Waals surface area contributed by atoms with Crippen molar-refractivity contribution in [1.82, 2.24) is 20.3 Å². The normalized spacial score (nSPS) is 24.9. The van der Waals surface area contributed by atoms with Gasteiger partial charge in [-0.3, -0.25) is 0 Å². The zero-order chi connectivity index (χ0) is 25.5. The van der Waals surface area contributed by atoms with Gasteiger partial charge in [0.2, 0.25) is 5.88 Å². The van der Waals surface area contributed by atoms with Crippen molar-refractivity contribution in [2.45, 2.75) is 64.2 Å². The van der Waals surface area contributed by atoms with Crippen molar-refractivity contribution in [2.24, 2.45) is 0 Å². The first-order valence-electron chi connectivity index (χ1n) is 11.7. The Morgan fingerprint density at radius 1 is 1.19 bits per heavy atom. The molecule has 0 radical (unpaired) electrons. The second-order valence-corrected chi connectivity index (χ2v) is 9.64. The van der Waals surface area contributed by atoms with E-state index in [2.05, 4.69) is 24.9 Å². The second kappa shape index (κ2) is 7.79. The Morgan fingerprint density at radius 3 is 2.72 bits per heavy atom. The van der Waals surface area contributed by atoms with Crippen molar-refractivity contribution in [3.05, 3.63) is 29.3 Å². The van der Waals surface area contributed by atoms with Crippen LogP contribution in [0.15, 0.2) is 12.3 Å². The Bertz CT molecular complexity index is 1400. The quantitative estimate of drug-likeness (QED) is 0.505. The minimum absolute atomic E-state index is 0.0667. The lowest BCUT2D eigenvalue weighted by Gasteiger charge is -2.43. The predicted octanol–water partition coefficient (Wildman–Crippen LogP) is 4.02. The average Bonchev–Trinajstić information content (AvgIpc) is 3.12. The molecule has 4 atom stereocenters. The van der Waals surface area contributed by atoms with Crippen LogP contribution in [0.5, 0.6) is 11.6 Å². The molecule has 8 nitrogen and oxygen atoms in total. The second-order valence-electron chi connectivity index (χ2n) is 9.64. The van der Waals surface area contributed by atoms with Crippen LogP contribution in [0.2, 0.25) is 0 Å². The van der Waals surface area contributed by atoms with Gasteiger partial charge in [0.25, 0.3) is 0 Å². The molecule has 2 bridgehead atoms. The van der Waals surface area contributed by atoms with Crippen molar-refractivity contribution < 1.29 is 27.0 Å². The van der Waals surface area contributed by atoms with Crippen LogP contribution in [0.1, 0.15) is 31.0 Å². The molecule has 6 heterocycles. The number of rotatable bonds is 2. The third kappa shape index (κ3) is 3.49. The van der Waals surface area contributed by atoms with Gasteiger partial charge in [-0.1, -0.05) is 0 Å². The van der Waals surface area contributed by atoms with Crippen LogP contribution in [-0.2, 0) is 0 Å². The minimum atomic E-state index is -5.02. The van der Waals surface area contributed by atoms with Crippen molar-refractivity contribution in [2.75, 3.05) is 17.2 Å². The summed E-state index contributed by atoms with van der Waals surface area (Å²) in [6.07, 6.45) is -2.55. The molecular formula is C24H24F4N6O2. The number of aryl methyl sites for hydroxylation is 2. The van der Waals surface area contributed by atoms with E-state index in [1.54, 1.807) is 13.8 Å². The molecule has 0 aromatic carbocycles. The third-order valence-electron chi connectivity index (χ3n) is 7.40. The standard InChI is InChI=1S/C24H24F4N6O2/c1-9-10(2)31-22-18-17(9)19(25)20(13-6-16(29)30-7-15(13)36-24(26,27)28)33-23(18)35-11(3)21-14-5-4-12(32-14)8-34(21)22/h6-7,11-12,14,21,32H,4-5,8H2,1-3H3,(H2,29,30)/t11-,12+,14-,21+/m0/s1. The Labute approximate surface area is 203 Å². The van der Waals surface area contributed by atoms with Crippen LogP contribution in [0.25, 0.3) is 22.0 Å². The van der Waals surface area contributed by atoms with Gasteiger partial charge >= 0.3 is 6.36 Å². The van der Waals surface area contributed by atoms with E-state index in [-0.39, 0.29) is 52.6 Å². The number of pyridine rings is 3. The maximum atomic E-state index is 16.3. The van der Waals surface area contributed by atoms with Gasteiger partial charge in [0, 0.05) is 29.7 Å². The molecule has 36 heavy (non-hydrogen) atoms. The summed E-state index contributed by atoms with van der Waals surface area (Å²) >= 11 is 0. The monoisotopic (exact) mass is 504 g/mol. The van der Waals surface area contributed by atoms with Gasteiger partial charge in [-0.05, 0) is 45.2 Å². The SMILES string of the molecule is Cc1nc2c3c(nc(-c4cc(N)ncc4OC(F)(F)F)c(F)c3c1C)O[C@@H](C)[C@@H]1[C@@H]3CC[C@H](CN21)N3. The summed E-state index contributed by atoms with van der Waals surface area (Å²) in [5.41, 5.74) is 6.28. The highest BCUT2D eigenvalue weighted by Gasteiger charge is 2.47. The molecule has 2 saturated heterocycles. The first-order valence-corrected chi connectivity index (χ1v) is 11.7. The summed E-state index contributed by atoms with van der Waals surface area (Å²) in [7, 11) is 0. The lowest BCUT2D eigenvalue weighted by Crippen LogP contribution is -2.62. The average molecular weight is 504 g/mol. The van der Waals surface area contributed by atoms with Crippen LogP contribution in [-0.4, -0.2) is 52.1 Å². The summed E-state index contributed by atoms with van der Waals surface area (Å²) < 4.78 is 66.1. The number of nitrogen functional groups attached to an aromatic ring is 1. The Morgan fingerprint density at radius 2 is 1.97 bits per heavy atom. The molecule has 190 valence electrons. The fourth-order valence-electron chi connectivity index (χ4n) is 5.80. The first-order chi connectivity index (χ1) is 17.0. The number of nitrogens with zero attached hydrogens (tertiary/aromatic N) is 4. The predicted molar refractivity (Wildman–Crippen MR) is 124 cm³/mol. The van der Waals surface area contributed by atoms with Gasteiger partial charge in [-0.25, -0.2) is 19.3 Å². The first kappa shape index (κ1) is 23.0. The fourth-order valence-corrected chi connectivity index (χ4v) is 5.80. The van der Waals surface area contributed by atoms with E-state index in [0.717, 1.165) is 25.1 Å². The summed E-state index contributed by atoms with van der Waals surface area (Å²) in [6, 6.07) is 1.50. The molecule has 0 amide bonds. The van der Waals surface area contributed by atoms with E-state index in [4.69, 9.17) is 15.5 Å². The smallest absolute Gasteiger partial charge is 0.472 e. The molecule has 3 aliphatic rings. The van der Waals surface area contributed by atoms with E-state index in [0.29, 0.717) is 29.0 Å². The van der Waals surface area contributed by atoms with Gasteiger partial charge in [0.15, 0.2) is 11.6 Å². The van der Waals surface area contributed by atoms with E-state index in [1.165, 1.54) is 0 Å². The maximum absolute atomic E-state index is 16.3. The molecule has 0 spiro atoms. The van der Waals surface area contributed by atoms with E-state index in [1.807, 2.05) is 6.92 Å². The van der Waals surface area contributed by atoms with Gasteiger partial charge in [0.1, 0.15) is 23.4 Å². The molecular weight excluding hydrogens is 480 g/mol. The molecule has 2 fully saturated rings. The van der Waals surface area contributed by atoms with Crippen molar-refractivity contribution in [3.8, 4) is 22.9 Å². The Hall–Kier alpha value is -3.41. The molecule has 3 N–H and O–H groups in total. The van der Waals surface area contributed by atoms with Crippen molar-refractivity contribution in [3.63, 3.8) is 0 Å². The van der Waals surface area contributed by atoms with Crippen LogP contribution in [0.4, 0.5) is 29.2 Å². The van der Waals surface area contributed by atoms with Crippen LogP contribution < -0.4 is 25.4 Å². The molecule has 0 unspecified atom stereocenters. The van der Waals surface area contributed by atoms with Gasteiger partial charge in [-0.2, -0.15) is 0 Å². The number of nitrogens with one attached hydrogen (secondary N) is 1. The molecule has 3 aliphatic heterocycles. The number of aromatic nitrogens is 3. The summed E-state index contributed by atoms with van der Waals surface area (Å²) in [4.78, 5) is 15.1. The van der Waals surface area contributed by atoms with E-state index >= 15 is 4.39 Å². The number of nitrogens with two attached hydrogens (primary N) is 1. The molecule has 3 aromatic heterocycles. The van der Waals surface area contributed by atoms with Crippen LogP contribution in [0.3, 0.4) is 0 Å². The van der Waals surface area contributed by atoms with Gasteiger partial charge in [0.05, 0.1) is 23.2 Å². The zero-order valence-electron chi connectivity index (χ0n) is 19.8. The summed E-state index contributed by atoms with van der Waals surface area (Å²) in [5.74, 6) is -0.932. The topological polar surface area (TPSA) is 98.4 Å². The minimum Gasteiger partial charge on any atom is -0.472 e. The lowest BCUT2D eigenvalue weighted by molar-refractivity contribution is -0.274. The maximum Gasteiger partial charge on any atom is 0.573 e. The number of hydrogen-bond donors (Lipinski definition) is 2. The lowest BCUT2D eigenvalue weighted by atomic mass is 9.98. The van der Waals surface area contributed by atoms with Crippen molar-refractivity contribution >= 4 is 22.4 Å². The highest BCUT2D eigenvalue weighted by Crippen LogP contribution is 2.46. The fraction of sp³-hybridized carbons (Fsp3) is 0.458. The number of hydrogen-bond acceptors (Lipinski definition) is 8. The molecule has 12 heteroatoms. The largest absolute Gasteiger partial charge is 0.573 e. The highest BCUT2D eigenvalue weighted by atomic mass is 19.4. The molecule has 0 aliphatic carbocycles. The number of fused-ring (bicyclic) bond motifs is 5. The summed E-state index contributed by atoms with van der Waals surface area (Å²) in [5, 5.41) is 4.24. The molecule has 3 aromatic rings. The number of ether oxygens (including phenoxy) is 2. The number of anilines is 2.